The van der Waals surface area contributed by atoms with E-state index in [2.05, 4.69) is 5.32 Å². The first kappa shape index (κ1) is 10.4. The fourth-order valence-electron chi connectivity index (χ4n) is 0.884. The summed E-state index contributed by atoms with van der Waals surface area (Å²) in [7, 11) is 0. The highest BCUT2D eigenvalue weighted by molar-refractivity contribution is 5.75. The lowest BCUT2D eigenvalue weighted by Crippen LogP contribution is -2.37. The van der Waals surface area contributed by atoms with Crippen molar-refractivity contribution in [3.63, 3.8) is 0 Å². The molecule has 0 unspecified atom stereocenters. The standard InChI is InChI=1S/C8H17NO2/c1-4-7(9-5-2)8(10)11-6-3/h7,9H,4-6H2,1-3H3/t7-/m1/s1. The Balaban J connectivity index is 3.71. The predicted octanol–water partition coefficient (Wildman–Crippen LogP) is 0.938. The molecule has 0 heterocycles. The number of hydrogen-bond donors (Lipinski definition) is 1. The van der Waals surface area contributed by atoms with Gasteiger partial charge >= 0.3 is 5.97 Å². The molecule has 0 fully saturated rings. The van der Waals surface area contributed by atoms with Crippen LogP contribution in [0, 0.1) is 0 Å². The Bertz CT molecular complexity index is 115. The van der Waals surface area contributed by atoms with Gasteiger partial charge in [0.25, 0.3) is 0 Å². The number of rotatable bonds is 5. The van der Waals surface area contributed by atoms with Gasteiger partial charge in [0.1, 0.15) is 6.04 Å². The van der Waals surface area contributed by atoms with Gasteiger partial charge in [-0.2, -0.15) is 0 Å². The van der Waals surface area contributed by atoms with Crippen molar-refractivity contribution in [3.05, 3.63) is 0 Å². The van der Waals surface area contributed by atoms with Gasteiger partial charge in [0.15, 0.2) is 0 Å². The molecule has 0 aromatic rings. The molecule has 66 valence electrons. The van der Waals surface area contributed by atoms with Crippen molar-refractivity contribution in [2.75, 3.05) is 13.2 Å². The highest BCUT2D eigenvalue weighted by atomic mass is 16.5. The summed E-state index contributed by atoms with van der Waals surface area (Å²) in [6.07, 6.45) is 0.784. The summed E-state index contributed by atoms with van der Waals surface area (Å²) in [4.78, 5) is 11.1. The van der Waals surface area contributed by atoms with E-state index in [9.17, 15) is 4.79 Å². The van der Waals surface area contributed by atoms with Crippen LogP contribution < -0.4 is 5.32 Å². The fourth-order valence-corrected chi connectivity index (χ4v) is 0.884. The lowest BCUT2D eigenvalue weighted by Gasteiger charge is -2.13. The van der Waals surface area contributed by atoms with Crippen LogP contribution in [-0.2, 0) is 9.53 Å². The molecule has 3 heteroatoms. The van der Waals surface area contributed by atoms with Crippen molar-refractivity contribution in [1.29, 1.82) is 0 Å². The van der Waals surface area contributed by atoms with Gasteiger partial charge in [0.2, 0.25) is 0 Å². The van der Waals surface area contributed by atoms with E-state index in [1.807, 2.05) is 20.8 Å². The molecule has 0 aliphatic carbocycles. The van der Waals surface area contributed by atoms with E-state index in [1.54, 1.807) is 0 Å². The zero-order chi connectivity index (χ0) is 8.69. The predicted molar refractivity (Wildman–Crippen MR) is 44.4 cm³/mol. The SMILES string of the molecule is CCN[C@H](CC)C(=O)OCC. The lowest BCUT2D eigenvalue weighted by molar-refractivity contribution is -0.145. The largest absolute Gasteiger partial charge is 0.465 e. The van der Waals surface area contributed by atoms with Gasteiger partial charge in [-0.15, -0.1) is 0 Å². The summed E-state index contributed by atoms with van der Waals surface area (Å²) >= 11 is 0. The number of carbonyl (C=O) groups is 1. The van der Waals surface area contributed by atoms with Crippen molar-refractivity contribution < 1.29 is 9.53 Å². The molecule has 1 N–H and O–H groups in total. The third-order valence-corrected chi connectivity index (χ3v) is 1.43. The van der Waals surface area contributed by atoms with E-state index in [1.165, 1.54) is 0 Å². The third kappa shape index (κ3) is 3.98. The zero-order valence-corrected chi connectivity index (χ0v) is 7.52. The first-order valence-corrected chi connectivity index (χ1v) is 4.16. The molecule has 3 nitrogen and oxygen atoms in total. The molecule has 0 spiro atoms. The summed E-state index contributed by atoms with van der Waals surface area (Å²) in [5.74, 6) is -0.142. The van der Waals surface area contributed by atoms with Crippen LogP contribution in [0.3, 0.4) is 0 Å². The topological polar surface area (TPSA) is 38.3 Å². The molecular weight excluding hydrogens is 142 g/mol. The molecule has 0 amide bonds. The third-order valence-electron chi connectivity index (χ3n) is 1.43. The number of ether oxygens (including phenoxy) is 1. The second kappa shape index (κ2) is 6.16. The van der Waals surface area contributed by atoms with Crippen LogP contribution in [0.25, 0.3) is 0 Å². The Labute approximate surface area is 68.1 Å². The number of nitrogens with one attached hydrogen (secondary N) is 1. The zero-order valence-electron chi connectivity index (χ0n) is 7.52. The summed E-state index contributed by atoms with van der Waals surface area (Å²) < 4.78 is 4.85. The first-order valence-electron chi connectivity index (χ1n) is 4.16. The number of likely N-dealkylation sites (N-methyl/N-ethyl adjacent to an activating group) is 1. The number of hydrogen-bond acceptors (Lipinski definition) is 3. The average Bonchev–Trinajstić information content (AvgIpc) is 2.00. The van der Waals surface area contributed by atoms with Crippen molar-refractivity contribution in [3.8, 4) is 0 Å². The molecule has 0 aromatic carbocycles. The molecule has 0 radical (unpaired) electrons. The van der Waals surface area contributed by atoms with Gasteiger partial charge in [0, 0.05) is 0 Å². The van der Waals surface area contributed by atoms with Crippen molar-refractivity contribution >= 4 is 5.97 Å². The molecule has 0 rings (SSSR count). The Morgan fingerprint density at radius 1 is 1.45 bits per heavy atom. The quantitative estimate of drug-likeness (QED) is 0.607. The van der Waals surface area contributed by atoms with Crippen LogP contribution in [-0.4, -0.2) is 25.2 Å². The summed E-state index contributed by atoms with van der Waals surface area (Å²) in [6.45, 7) is 7.01. The summed E-state index contributed by atoms with van der Waals surface area (Å²) in [5.41, 5.74) is 0. The molecule has 0 bridgehead atoms. The first-order chi connectivity index (χ1) is 5.26. The van der Waals surface area contributed by atoms with Crippen LogP contribution in [0.1, 0.15) is 27.2 Å². The van der Waals surface area contributed by atoms with E-state index in [-0.39, 0.29) is 12.0 Å². The highest BCUT2D eigenvalue weighted by Gasteiger charge is 2.14. The fraction of sp³-hybridized carbons (Fsp3) is 0.875. The molecular formula is C8H17NO2. The molecule has 11 heavy (non-hydrogen) atoms. The van der Waals surface area contributed by atoms with Crippen molar-refractivity contribution in [2.24, 2.45) is 0 Å². The van der Waals surface area contributed by atoms with Gasteiger partial charge in [0.05, 0.1) is 6.61 Å². The Morgan fingerprint density at radius 3 is 2.45 bits per heavy atom. The van der Waals surface area contributed by atoms with E-state index < -0.39 is 0 Å². The second-order valence-electron chi connectivity index (χ2n) is 2.27. The van der Waals surface area contributed by atoms with Gasteiger partial charge < -0.3 is 10.1 Å². The average molecular weight is 159 g/mol. The molecule has 0 aliphatic rings. The molecule has 0 saturated heterocycles. The Kier molecular flexibility index (Phi) is 5.84. The maximum absolute atomic E-state index is 11.1. The Morgan fingerprint density at radius 2 is 2.09 bits per heavy atom. The summed E-state index contributed by atoms with van der Waals surface area (Å²) in [6, 6.07) is -0.125. The van der Waals surface area contributed by atoms with E-state index in [0.717, 1.165) is 13.0 Å². The highest BCUT2D eigenvalue weighted by Crippen LogP contribution is 1.93. The summed E-state index contributed by atoms with van der Waals surface area (Å²) in [5, 5.41) is 3.04. The van der Waals surface area contributed by atoms with Gasteiger partial charge in [-0.05, 0) is 19.9 Å². The lowest BCUT2D eigenvalue weighted by atomic mass is 10.2. The normalized spacial score (nSPS) is 12.6. The van der Waals surface area contributed by atoms with Gasteiger partial charge in [-0.25, -0.2) is 0 Å². The second-order valence-corrected chi connectivity index (χ2v) is 2.27. The van der Waals surface area contributed by atoms with Crippen LogP contribution in [0.2, 0.25) is 0 Å². The van der Waals surface area contributed by atoms with E-state index in [4.69, 9.17) is 4.74 Å². The smallest absolute Gasteiger partial charge is 0.323 e. The molecule has 0 aromatic heterocycles. The maximum Gasteiger partial charge on any atom is 0.323 e. The number of esters is 1. The molecule has 0 saturated carbocycles. The number of carbonyl (C=O) groups excluding carboxylic acids is 1. The minimum absolute atomic E-state index is 0.125. The molecule has 1 atom stereocenters. The van der Waals surface area contributed by atoms with Crippen LogP contribution >= 0.6 is 0 Å². The minimum atomic E-state index is -0.142. The van der Waals surface area contributed by atoms with Crippen LogP contribution in [0.5, 0.6) is 0 Å². The van der Waals surface area contributed by atoms with Crippen molar-refractivity contribution in [1.82, 2.24) is 5.32 Å². The Hall–Kier alpha value is -0.570. The monoisotopic (exact) mass is 159 g/mol. The van der Waals surface area contributed by atoms with Crippen LogP contribution in [0.15, 0.2) is 0 Å². The van der Waals surface area contributed by atoms with E-state index >= 15 is 0 Å². The minimum Gasteiger partial charge on any atom is -0.465 e. The van der Waals surface area contributed by atoms with Gasteiger partial charge in [-0.1, -0.05) is 13.8 Å². The van der Waals surface area contributed by atoms with Gasteiger partial charge in [-0.3, -0.25) is 4.79 Å². The molecule has 0 aliphatic heterocycles. The maximum atomic E-state index is 11.1. The van der Waals surface area contributed by atoms with Crippen LogP contribution in [0.4, 0.5) is 0 Å². The van der Waals surface area contributed by atoms with Crippen molar-refractivity contribution in [2.45, 2.75) is 33.2 Å². The van der Waals surface area contributed by atoms with E-state index in [0.29, 0.717) is 6.61 Å².